The number of benzene rings is 1. The molecule has 0 spiro atoms. The first-order valence-corrected chi connectivity index (χ1v) is 6.16. The van der Waals surface area contributed by atoms with Gasteiger partial charge < -0.3 is 10.6 Å². The van der Waals surface area contributed by atoms with Gasteiger partial charge in [0.1, 0.15) is 0 Å². The van der Waals surface area contributed by atoms with Crippen LogP contribution in [0.1, 0.15) is 31.7 Å². The first kappa shape index (κ1) is 13.7. The van der Waals surface area contributed by atoms with Crippen LogP contribution in [-0.2, 0) is 4.79 Å². The van der Waals surface area contributed by atoms with Gasteiger partial charge in [0.05, 0.1) is 6.04 Å². The average Bonchev–Trinajstić information content (AvgIpc) is 2.34. The number of hydrogen-bond acceptors (Lipinski definition) is 2. The monoisotopic (exact) mass is 234 g/mol. The van der Waals surface area contributed by atoms with Gasteiger partial charge in [-0.05, 0) is 31.0 Å². The van der Waals surface area contributed by atoms with Crippen molar-refractivity contribution in [3.05, 3.63) is 29.8 Å². The van der Waals surface area contributed by atoms with Crippen molar-refractivity contribution in [2.45, 2.75) is 39.2 Å². The fourth-order valence-corrected chi connectivity index (χ4v) is 1.76. The number of carbonyl (C=O) groups excluding carboxylic acids is 1. The van der Waals surface area contributed by atoms with Crippen molar-refractivity contribution < 1.29 is 4.79 Å². The molecule has 3 heteroatoms. The molecule has 0 aliphatic heterocycles. The minimum absolute atomic E-state index is 0.0101. The number of nitrogens with zero attached hydrogens (tertiary/aromatic N) is 1. The van der Waals surface area contributed by atoms with E-state index < -0.39 is 0 Å². The van der Waals surface area contributed by atoms with E-state index in [1.54, 1.807) is 11.9 Å². The SMILES string of the molecule is CCCCC(N)C(=O)N(C)c1cccc(C)c1. The quantitative estimate of drug-likeness (QED) is 0.850. The van der Waals surface area contributed by atoms with Gasteiger partial charge in [-0.15, -0.1) is 0 Å². The molecule has 0 saturated heterocycles. The summed E-state index contributed by atoms with van der Waals surface area (Å²) in [5.41, 5.74) is 7.94. The summed E-state index contributed by atoms with van der Waals surface area (Å²) in [4.78, 5) is 13.7. The Hall–Kier alpha value is -1.35. The summed E-state index contributed by atoms with van der Waals surface area (Å²) in [5.74, 6) is -0.0101. The lowest BCUT2D eigenvalue weighted by Gasteiger charge is -2.21. The maximum Gasteiger partial charge on any atom is 0.243 e. The van der Waals surface area contributed by atoms with Crippen LogP contribution in [0.5, 0.6) is 0 Å². The Kier molecular flexibility index (Phi) is 5.16. The second-order valence-electron chi connectivity index (χ2n) is 4.48. The van der Waals surface area contributed by atoms with Gasteiger partial charge in [0, 0.05) is 12.7 Å². The Balaban J connectivity index is 2.69. The molecule has 3 nitrogen and oxygen atoms in total. The number of likely N-dealkylation sites (N-methyl/N-ethyl adjacent to an activating group) is 1. The van der Waals surface area contributed by atoms with Crippen LogP contribution in [0, 0.1) is 6.92 Å². The third-order valence-corrected chi connectivity index (χ3v) is 2.91. The Morgan fingerprint density at radius 1 is 1.47 bits per heavy atom. The van der Waals surface area contributed by atoms with Crippen LogP contribution in [0.2, 0.25) is 0 Å². The summed E-state index contributed by atoms with van der Waals surface area (Å²) in [7, 11) is 1.78. The Labute approximate surface area is 104 Å². The number of carbonyl (C=O) groups is 1. The summed E-state index contributed by atoms with van der Waals surface area (Å²) < 4.78 is 0. The van der Waals surface area contributed by atoms with Crippen molar-refractivity contribution in [2.75, 3.05) is 11.9 Å². The molecule has 1 rings (SSSR count). The van der Waals surface area contributed by atoms with Crippen LogP contribution in [-0.4, -0.2) is 19.0 Å². The highest BCUT2D eigenvalue weighted by Gasteiger charge is 2.18. The Morgan fingerprint density at radius 3 is 2.76 bits per heavy atom. The zero-order valence-corrected chi connectivity index (χ0v) is 10.9. The van der Waals surface area contributed by atoms with Crippen LogP contribution >= 0.6 is 0 Å². The van der Waals surface area contributed by atoms with Crippen molar-refractivity contribution in [3.8, 4) is 0 Å². The van der Waals surface area contributed by atoms with Gasteiger partial charge in [0.2, 0.25) is 5.91 Å². The lowest BCUT2D eigenvalue weighted by Crippen LogP contribution is -2.41. The molecule has 0 fully saturated rings. The van der Waals surface area contributed by atoms with E-state index in [2.05, 4.69) is 6.92 Å². The third-order valence-electron chi connectivity index (χ3n) is 2.91. The molecule has 1 amide bonds. The first-order valence-electron chi connectivity index (χ1n) is 6.16. The number of amides is 1. The molecule has 0 radical (unpaired) electrons. The van der Waals surface area contributed by atoms with Crippen molar-refractivity contribution in [2.24, 2.45) is 5.73 Å². The van der Waals surface area contributed by atoms with Gasteiger partial charge in [0.15, 0.2) is 0 Å². The van der Waals surface area contributed by atoms with Gasteiger partial charge in [-0.25, -0.2) is 0 Å². The molecule has 2 N–H and O–H groups in total. The molecule has 0 saturated carbocycles. The van der Waals surface area contributed by atoms with Crippen LogP contribution in [0.4, 0.5) is 5.69 Å². The summed E-state index contributed by atoms with van der Waals surface area (Å²) in [5, 5.41) is 0. The molecule has 0 heterocycles. The number of anilines is 1. The van der Waals surface area contributed by atoms with E-state index in [0.717, 1.165) is 30.5 Å². The first-order chi connectivity index (χ1) is 8.06. The Morgan fingerprint density at radius 2 is 2.18 bits per heavy atom. The predicted octanol–water partition coefficient (Wildman–Crippen LogP) is 2.48. The highest BCUT2D eigenvalue weighted by atomic mass is 16.2. The smallest absolute Gasteiger partial charge is 0.243 e. The normalized spacial score (nSPS) is 12.2. The van der Waals surface area contributed by atoms with Crippen LogP contribution < -0.4 is 10.6 Å². The highest BCUT2D eigenvalue weighted by Crippen LogP contribution is 2.15. The van der Waals surface area contributed by atoms with E-state index in [9.17, 15) is 4.79 Å². The lowest BCUT2D eigenvalue weighted by molar-refractivity contribution is -0.119. The second-order valence-corrected chi connectivity index (χ2v) is 4.48. The van der Waals surface area contributed by atoms with E-state index in [1.165, 1.54) is 0 Å². The number of hydrogen-bond donors (Lipinski definition) is 1. The Bertz CT molecular complexity index is 376. The molecule has 1 aromatic carbocycles. The molecule has 94 valence electrons. The zero-order valence-electron chi connectivity index (χ0n) is 10.9. The van der Waals surface area contributed by atoms with Gasteiger partial charge in [0.25, 0.3) is 0 Å². The molecule has 1 aromatic rings. The van der Waals surface area contributed by atoms with Crippen molar-refractivity contribution in [3.63, 3.8) is 0 Å². The fraction of sp³-hybridized carbons (Fsp3) is 0.500. The standard InChI is InChI=1S/C14H22N2O/c1-4-5-9-13(15)14(17)16(3)12-8-6-7-11(2)10-12/h6-8,10,13H,4-5,9,15H2,1-3H3. The number of rotatable bonds is 5. The van der Waals surface area contributed by atoms with Gasteiger partial charge in [-0.3, -0.25) is 4.79 Å². The molecule has 1 unspecified atom stereocenters. The molecule has 0 bridgehead atoms. The van der Waals surface area contributed by atoms with E-state index in [4.69, 9.17) is 5.73 Å². The van der Waals surface area contributed by atoms with Crippen molar-refractivity contribution >= 4 is 11.6 Å². The largest absolute Gasteiger partial charge is 0.320 e. The molecule has 0 aliphatic rings. The average molecular weight is 234 g/mol. The van der Waals surface area contributed by atoms with E-state index in [1.807, 2.05) is 31.2 Å². The summed E-state index contributed by atoms with van der Waals surface area (Å²) >= 11 is 0. The zero-order chi connectivity index (χ0) is 12.8. The molecule has 17 heavy (non-hydrogen) atoms. The molecule has 0 aromatic heterocycles. The minimum atomic E-state index is -0.388. The predicted molar refractivity (Wildman–Crippen MR) is 72.1 cm³/mol. The van der Waals surface area contributed by atoms with Crippen molar-refractivity contribution in [1.82, 2.24) is 0 Å². The molecular formula is C14H22N2O. The van der Waals surface area contributed by atoms with E-state index in [0.29, 0.717) is 0 Å². The second kappa shape index (κ2) is 6.40. The summed E-state index contributed by atoms with van der Waals surface area (Å²) in [6.45, 7) is 4.11. The maximum atomic E-state index is 12.1. The summed E-state index contributed by atoms with van der Waals surface area (Å²) in [6.07, 6.45) is 2.81. The van der Waals surface area contributed by atoms with E-state index in [-0.39, 0.29) is 11.9 Å². The molecular weight excluding hydrogens is 212 g/mol. The van der Waals surface area contributed by atoms with Crippen LogP contribution in [0.3, 0.4) is 0 Å². The van der Waals surface area contributed by atoms with Gasteiger partial charge >= 0.3 is 0 Å². The lowest BCUT2D eigenvalue weighted by atomic mass is 10.1. The minimum Gasteiger partial charge on any atom is -0.320 e. The number of unbranched alkanes of at least 4 members (excludes halogenated alkanes) is 1. The number of nitrogens with two attached hydrogens (primary N) is 1. The van der Waals surface area contributed by atoms with Crippen LogP contribution in [0.25, 0.3) is 0 Å². The van der Waals surface area contributed by atoms with Gasteiger partial charge in [-0.2, -0.15) is 0 Å². The maximum absolute atomic E-state index is 12.1. The van der Waals surface area contributed by atoms with Gasteiger partial charge in [-0.1, -0.05) is 31.9 Å². The highest BCUT2D eigenvalue weighted by molar-refractivity contribution is 5.96. The fourth-order valence-electron chi connectivity index (χ4n) is 1.76. The summed E-state index contributed by atoms with van der Waals surface area (Å²) in [6, 6.07) is 7.49. The topological polar surface area (TPSA) is 46.3 Å². The third kappa shape index (κ3) is 3.86. The molecule has 1 atom stereocenters. The van der Waals surface area contributed by atoms with E-state index >= 15 is 0 Å². The molecule has 0 aliphatic carbocycles. The van der Waals surface area contributed by atoms with Crippen LogP contribution in [0.15, 0.2) is 24.3 Å². The van der Waals surface area contributed by atoms with Crippen molar-refractivity contribution in [1.29, 1.82) is 0 Å². The number of aryl methyl sites for hydroxylation is 1.